The summed E-state index contributed by atoms with van der Waals surface area (Å²) in [5.74, 6) is 0. The minimum atomic E-state index is 0. The molecular formula is C10H8CoN-. The van der Waals surface area contributed by atoms with Crippen LogP contribution in [0, 0.1) is 0 Å². The maximum absolute atomic E-state index is 4.26. The third-order valence-electron chi connectivity index (χ3n) is 1.66. The number of para-hydroxylation sites is 1. The maximum atomic E-state index is 4.26. The molecule has 2 heteroatoms. The molecule has 1 aliphatic heterocycles. The van der Waals surface area contributed by atoms with Crippen LogP contribution in [0.3, 0.4) is 0 Å². The van der Waals surface area contributed by atoms with Crippen molar-refractivity contribution in [3.05, 3.63) is 53.5 Å². The van der Waals surface area contributed by atoms with E-state index in [4.69, 9.17) is 0 Å². The van der Waals surface area contributed by atoms with Gasteiger partial charge in [-0.15, -0.1) is 18.0 Å². The SMILES string of the molecule is C=C1C=Cc2ccccc2[N-]1.[Co]. The van der Waals surface area contributed by atoms with Gasteiger partial charge in [-0.2, -0.15) is 0 Å². The number of allylic oxidation sites excluding steroid dienone is 1. The van der Waals surface area contributed by atoms with Crippen molar-refractivity contribution in [1.82, 2.24) is 0 Å². The van der Waals surface area contributed by atoms with Crippen LogP contribution >= 0.6 is 0 Å². The molecule has 1 radical (unpaired) electrons. The van der Waals surface area contributed by atoms with Crippen molar-refractivity contribution in [3.8, 4) is 0 Å². The van der Waals surface area contributed by atoms with Crippen LogP contribution in [0.4, 0.5) is 5.69 Å². The van der Waals surface area contributed by atoms with E-state index in [0.29, 0.717) is 0 Å². The van der Waals surface area contributed by atoms with Gasteiger partial charge in [-0.25, -0.2) is 0 Å². The Labute approximate surface area is 82.4 Å². The zero-order valence-corrected chi connectivity index (χ0v) is 7.49. The second-order valence-corrected chi connectivity index (χ2v) is 2.50. The normalized spacial score (nSPS) is 12.8. The number of benzene rings is 1. The summed E-state index contributed by atoms with van der Waals surface area (Å²) >= 11 is 0. The molecule has 0 N–H and O–H groups in total. The fraction of sp³-hybridized carbons (Fsp3) is 0. The molecule has 0 bridgehead atoms. The second-order valence-electron chi connectivity index (χ2n) is 2.50. The Balaban J connectivity index is 0.000000720. The largest absolute Gasteiger partial charge is 0.658 e. The van der Waals surface area contributed by atoms with Crippen LogP contribution in [0.2, 0.25) is 0 Å². The Kier molecular flexibility index (Phi) is 2.73. The molecule has 0 atom stereocenters. The van der Waals surface area contributed by atoms with Crippen LogP contribution < -0.4 is 0 Å². The molecule has 1 aliphatic rings. The van der Waals surface area contributed by atoms with E-state index in [1.54, 1.807) is 0 Å². The van der Waals surface area contributed by atoms with Crippen LogP contribution in [-0.4, -0.2) is 0 Å². The van der Waals surface area contributed by atoms with E-state index in [0.717, 1.165) is 11.4 Å². The molecule has 1 aromatic carbocycles. The summed E-state index contributed by atoms with van der Waals surface area (Å²) in [5, 5.41) is 4.26. The average molecular weight is 201 g/mol. The fourth-order valence-electron chi connectivity index (χ4n) is 1.11. The average Bonchev–Trinajstić information content (AvgIpc) is 2.04. The minimum absolute atomic E-state index is 0. The van der Waals surface area contributed by atoms with Crippen molar-refractivity contribution < 1.29 is 16.8 Å². The first kappa shape index (κ1) is 9.10. The molecule has 0 aromatic heterocycles. The summed E-state index contributed by atoms with van der Waals surface area (Å²) in [7, 11) is 0. The molecule has 0 fully saturated rings. The van der Waals surface area contributed by atoms with Gasteiger partial charge in [0.25, 0.3) is 0 Å². The van der Waals surface area contributed by atoms with E-state index in [9.17, 15) is 0 Å². The Hall–Kier alpha value is -0.994. The van der Waals surface area contributed by atoms with Gasteiger partial charge in [-0.05, 0) is 5.56 Å². The molecule has 1 heterocycles. The molecule has 0 saturated heterocycles. The monoisotopic (exact) mass is 201 g/mol. The van der Waals surface area contributed by atoms with Gasteiger partial charge >= 0.3 is 0 Å². The smallest absolute Gasteiger partial charge is 0 e. The number of nitrogens with zero attached hydrogens (tertiary/aromatic N) is 1. The summed E-state index contributed by atoms with van der Waals surface area (Å²) in [6.07, 6.45) is 3.95. The minimum Gasteiger partial charge on any atom is -0.658 e. The van der Waals surface area contributed by atoms with E-state index in [-0.39, 0.29) is 16.8 Å². The molecule has 63 valence electrons. The van der Waals surface area contributed by atoms with Gasteiger partial charge in [-0.1, -0.05) is 36.4 Å². The summed E-state index contributed by atoms with van der Waals surface area (Å²) in [5.41, 5.74) is 3.00. The molecule has 1 nitrogen and oxygen atoms in total. The van der Waals surface area contributed by atoms with Crippen molar-refractivity contribution >= 4 is 11.8 Å². The van der Waals surface area contributed by atoms with Gasteiger partial charge in [0.15, 0.2) is 0 Å². The van der Waals surface area contributed by atoms with Crippen molar-refractivity contribution in [2.24, 2.45) is 0 Å². The third kappa shape index (κ3) is 1.60. The van der Waals surface area contributed by atoms with Gasteiger partial charge in [0.2, 0.25) is 0 Å². The topological polar surface area (TPSA) is 14.1 Å². The Bertz CT molecular complexity index is 328. The Morgan fingerprint density at radius 3 is 2.67 bits per heavy atom. The number of fused-ring (bicyclic) bond motifs is 1. The van der Waals surface area contributed by atoms with Gasteiger partial charge in [-0.3, -0.25) is 0 Å². The van der Waals surface area contributed by atoms with Crippen LogP contribution in [0.15, 0.2) is 42.6 Å². The molecule has 1 aromatic rings. The standard InChI is InChI=1S/C10H8N.Co/c1-8-6-7-9-4-2-3-5-10(9)11-8;/h2-7H,1H2;/q-1;. The molecule has 0 spiro atoms. The van der Waals surface area contributed by atoms with Crippen molar-refractivity contribution in [2.75, 3.05) is 0 Å². The molecule has 0 saturated carbocycles. The van der Waals surface area contributed by atoms with Crippen LogP contribution in [0.1, 0.15) is 5.56 Å². The number of hydrogen-bond acceptors (Lipinski definition) is 0. The molecule has 0 amide bonds. The van der Waals surface area contributed by atoms with Crippen LogP contribution in [0.25, 0.3) is 11.4 Å². The zero-order valence-electron chi connectivity index (χ0n) is 6.45. The Morgan fingerprint density at radius 1 is 1.08 bits per heavy atom. The molecule has 12 heavy (non-hydrogen) atoms. The third-order valence-corrected chi connectivity index (χ3v) is 1.66. The zero-order chi connectivity index (χ0) is 7.68. The predicted molar refractivity (Wildman–Crippen MR) is 47.6 cm³/mol. The summed E-state index contributed by atoms with van der Waals surface area (Å²) < 4.78 is 0. The van der Waals surface area contributed by atoms with E-state index in [2.05, 4.69) is 11.9 Å². The van der Waals surface area contributed by atoms with Crippen LogP contribution in [-0.2, 0) is 16.8 Å². The van der Waals surface area contributed by atoms with Gasteiger partial charge in [0.05, 0.1) is 0 Å². The summed E-state index contributed by atoms with van der Waals surface area (Å²) in [6, 6.07) is 8.02. The second kappa shape index (κ2) is 3.60. The van der Waals surface area contributed by atoms with Gasteiger partial charge in [0.1, 0.15) is 0 Å². The molecule has 2 rings (SSSR count). The van der Waals surface area contributed by atoms with E-state index >= 15 is 0 Å². The van der Waals surface area contributed by atoms with E-state index in [1.165, 1.54) is 5.56 Å². The van der Waals surface area contributed by atoms with Gasteiger partial charge < -0.3 is 5.32 Å². The molecule has 0 unspecified atom stereocenters. The molecule has 0 aliphatic carbocycles. The maximum Gasteiger partial charge on any atom is 0 e. The van der Waals surface area contributed by atoms with Crippen molar-refractivity contribution in [3.63, 3.8) is 0 Å². The Morgan fingerprint density at radius 2 is 1.83 bits per heavy atom. The van der Waals surface area contributed by atoms with E-state index in [1.807, 2.05) is 36.4 Å². The summed E-state index contributed by atoms with van der Waals surface area (Å²) in [6.45, 7) is 3.76. The van der Waals surface area contributed by atoms with Crippen LogP contribution in [0.5, 0.6) is 0 Å². The first-order valence-corrected chi connectivity index (χ1v) is 3.54. The molecular weight excluding hydrogens is 193 g/mol. The van der Waals surface area contributed by atoms with Crippen molar-refractivity contribution in [1.29, 1.82) is 0 Å². The first-order valence-electron chi connectivity index (χ1n) is 3.54. The number of hydrogen-bond donors (Lipinski definition) is 0. The quantitative estimate of drug-likeness (QED) is 0.611. The van der Waals surface area contributed by atoms with Crippen molar-refractivity contribution in [2.45, 2.75) is 0 Å². The predicted octanol–water partition coefficient (Wildman–Crippen LogP) is 3.23. The fourth-order valence-corrected chi connectivity index (χ4v) is 1.11. The summed E-state index contributed by atoms with van der Waals surface area (Å²) in [4.78, 5) is 0. The number of rotatable bonds is 0. The first-order chi connectivity index (χ1) is 5.36. The van der Waals surface area contributed by atoms with Gasteiger partial charge in [0, 0.05) is 16.8 Å². The van der Waals surface area contributed by atoms with E-state index < -0.39 is 0 Å².